The molecule has 0 saturated carbocycles. The zero-order valence-corrected chi connectivity index (χ0v) is 11.8. The molecule has 2 heteroatoms. The molecule has 0 saturated heterocycles. The Kier molecular flexibility index (Phi) is 4.03. The normalized spacial score (nSPS) is 12.1. The van der Waals surface area contributed by atoms with Gasteiger partial charge in [0.05, 0.1) is 6.61 Å². The summed E-state index contributed by atoms with van der Waals surface area (Å²) in [6.07, 6.45) is 4.30. The average Bonchev–Trinajstić information content (AvgIpc) is 2.87. The van der Waals surface area contributed by atoms with E-state index in [1.807, 2.05) is 0 Å². The van der Waals surface area contributed by atoms with Gasteiger partial charge in [0.15, 0.2) is 0 Å². The van der Waals surface area contributed by atoms with Gasteiger partial charge in [0.2, 0.25) is 0 Å². The van der Waals surface area contributed by atoms with Crippen LogP contribution in [0.15, 0.2) is 42.5 Å². The third-order valence-corrected chi connectivity index (χ3v) is 3.91. The molecule has 0 aliphatic heterocycles. The standard InChI is InChI=1S/C18H21NO/c19-11-4-1-5-12-20-18-10-6-9-16-15-8-3-2-7-14(15)13-17(16)18/h2-3,6-10H,1,4-5,11-13,19H2. The van der Waals surface area contributed by atoms with E-state index in [1.165, 1.54) is 22.3 Å². The summed E-state index contributed by atoms with van der Waals surface area (Å²) in [4.78, 5) is 0. The first-order valence-electron chi connectivity index (χ1n) is 7.43. The molecule has 1 aliphatic rings. The molecule has 0 aromatic heterocycles. The van der Waals surface area contributed by atoms with Gasteiger partial charge in [-0.3, -0.25) is 0 Å². The Labute approximate surface area is 120 Å². The van der Waals surface area contributed by atoms with Gasteiger partial charge < -0.3 is 10.5 Å². The highest BCUT2D eigenvalue weighted by Gasteiger charge is 2.20. The van der Waals surface area contributed by atoms with Crippen molar-refractivity contribution in [1.82, 2.24) is 0 Å². The predicted octanol–water partition coefficient (Wildman–Crippen LogP) is 3.77. The monoisotopic (exact) mass is 267 g/mol. The van der Waals surface area contributed by atoms with Crippen LogP contribution in [-0.2, 0) is 6.42 Å². The van der Waals surface area contributed by atoms with Crippen molar-refractivity contribution in [3.8, 4) is 16.9 Å². The number of ether oxygens (including phenoxy) is 1. The third-order valence-electron chi connectivity index (χ3n) is 3.91. The summed E-state index contributed by atoms with van der Waals surface area (Å²) >= 11 is 0. The second kappa shape index (κ2) is 6.10. The number of nitrogens with two attached hydrogens (primary N) is 1. The highest BCUT2D eigenvalue weighted by Crippen LogP contribution is 2.40. The molecule has 0 radical (unpaired) electrons. The smallest absolute Gasteiger partial charge is 0.123 e. The van der Waals surface area contributed by atoms with Crippen molar-refractivity contribution in [2.45, 2.75) is 25.7 Å². The van der Waals surface area contributed by atoms with E-state index in [1.54, 1.807) is 0 Å². The Morgan fingerprint density at radius 2 is 1.75 bits per heavy atom. The average molecular weight is 267 g/mol. The van der Waals surface area contributed by atoms with Crippen molar-refractivity contribution in [3.05, 3.63) is 53.6 Å². The lowest BCUT2D eigenvalue weighted by Gasteiger charge is -2.10. The van der Waals surface area contributed by atoms with Crippen molar-refractivity contribution in [1.29, 1.82) is 0 Å². The highest BCUT2D eigenvalue weighted by atomic mass is 16.5. The molecule has 2 aromatic carbocycles. The van der Waals surface area contributed by atoms with Crippen molar-refractivity contribution in [3.63, 3.8) is 0 Å². The van der Waals surface area contributed by atoms with E-state index in [4.69, 9.17) is 10.5 Å². The van der Waals surface area contributed by atoms with E-state index in [2.05, 4.69) is 42.5 Å². The van der Waals surface area contributed by atoms with Crippen molar-refractivity contribution in [2.75, 3.05) is 13.2 Å². The van der Waals surface area contributed by atoms with Gasteiger partial charge in [-0.05, 0) is 48.6 Å². The molecule has 3 rings (SSSR count). The van der Waals surface area contributed by atoms with Gasteiger partial charge in [-0.15, -0.1) is 0 Å². The number of unbranched alkanes of at least 4 members (excludes halogenated alkanes) is 2. The zero-order chi connectivity index (χ0) is 13.8. The second-order valence-electron chi connectivity index (χ2n) is 5.31. The Balaban J connectivity index is 1.73. The summed E-state index contributed by atoms with van der Waals surface area (Å²) in [5.41, 5.74) is 10.9. The molecule has 0 amide bonds. The van der Waals surface area contributed by atoms with Gasteiger partial charge in [0.1, 0.15) is 5.75 Å². The second-order valence-corrected chi connectivity index (χ2v) is 5.31. The molecule has 2 aromatic rings. The highest BCUT2D eigenvalue weighted by molar-refractivity contribution is 5.78. The zero-order valence-electron chi connectivity index (χ0n) is 11.8. The lowest BCUT2D eigenvalue weighted by molar-refractivity contribution is 0.303. The van der Waals surface area contributed by atoms with Gasteiger partial charge in [-0.2, -0.15) is 0 Å². The molecule has 20 heavy (non-hydrogen) atoms. The van der Waals surface area contributed by atoms with E-state index in [-0.39, 0.29) is 0 Å². The van der Waals surface area contributed by atoms with Crippen molar-refractivity contribution >= 4 is 0 Å². The van der Waals surface area contributed by atoms with E-state index < -0.39 is 0 Å². The minimum Gasteiger partial charge on any atom is -0.493 e. The minimum atomic E-state index is 0.774. The van der Waals surface area contributed by atoms with Crippen LogP contribution in [0.3, 0.4) is 0 Å². The summed E-state index contributed by atoms with van der Waals surface area (Å²) in [6.45, 7) is 1.56. The summed E-state index contributed by atoms with van der Waals surface area (Å²) in [5.74, 6) is 1.05. The van der Waals surface area contributed by atoms with Crippen LogP contribution < -0.4 is 10.5 Å². The first-order chi connectivity index (χ1) is 9.90. The molecule has 0 bridgehead atoms. The molecule has 0 unspecified atom stereocenters. The van der Waals surface area contributed by atoms with E-state index in [0.717, 1.165) is 44.6 Å². The predicted molar refractivity (Wildman–Crippen MR) is 83.1 cm³/mol. The van der Waals surface area contributed by atoms with Gasteiger partial charge >= 0.3 is 0 Å². The fraction of sp³-hybridized carbons (Fsp3) is 0.333. The van der Waals surface area contributed by atoms with Crippen LogP contribution in [0.25, 0.3) is 11.1 Å². The van der Waals surface area contributed by atoms with Gasteiger partial charge in [-0.25, -0.2) is 0 Å². The van der Waals surface area contributed by atoms with Crippen molar-refractivity contribution in [2.24, 2.45) is 5.73 Å². The Morgan fingerprint density at radius 1 is 0.900 bits per heavy atom. The largest absolute Gasteiger partial charge is 0.493 e. The molecule has 1 aliphatic carbocycles. The SMILES string of the molecule is NCCCCCOc1cccc2c1Cc1ccccc1-2. The summed E-state index contributed by atoms with van der Waals surface area (Å²) in [6, 6.07) is 15.0. The lowest BCUT2D eigenvalue weighted by Crippen LogP contribution is -2.02. The Bertz CT molecular complexity index is 592. The summed E-state index contributed by atoms with van der Waals surface area (Å²) in [5, 5.41) is 0. The number of fused-ring (bicyclic) bond motifs is 3. The topological polar surface area (TPSA) is 35.2 Å². The first-order valence-corrected chi connectivity index (χ1v) is 7.43. The molecule has 0 spiro atoms. The molecule has 0 atom stereocenters. The maximum Gasteiger partial charge on any atom is 0.123 e. The van der Waals surface area contributed by atoms with Crippen LogP contribution in [0.2, 0.25) is 0 Å². The summed E-state index contributed by atoms with van der Waals surface area (Å²) < 4.78 is 5.99. The van der Waals surface area contributed by atoms with E-state index >= 15 is 0 Å². The summed E-state index contributed by atoms with van der Waals surface area (Å²) in [7, 11) is 0. The third kappa shape index (κ3) is 2.56. The van der Waals surface area contributed by atoms with E-state index in [0.29, 0.717) is 0 Å². The van der Waals surface area contributed by atoms with Crippen LogP contribution in [0, 0.1) is 0 Å². The molecule has 104 valence electrons. The quantitative estimate of drug-likeness (QED) is 0.690. The number of hydrogen-bond donors (Lipinski definition) is 1. The van der Waals surface area contributed by atoms with Crippen LogP contribution in [0.4, 0.5) is 0 Å². The fourth-order valence-electron chi connectivity index (χ4n) is 2.87. The van der Waals surface area contributed by atoms with Gasteiger partial charge in [0, 0.05) is 12.0 Å². The van der Waals surface area contributed by atoms with Gasteiger partial charge in [0.25, 0.3) is 0 Å². The first kappa shape index (κ1) is 13.2. The Hall–Kier alpha value is -1.80. The molecular formula is C18H21NO. The number of hydrogen-bond acceptors (Lipinski definition) is 2. The molecular weight excluding hydrogens is 246 g/mol. The maximum absolute atomic E-state index is 5.99. The molecule has 2 nitrogen and oxygen atoms in total. The fourth-order valence-corrected chi connectivity index (χ4v) is 2.87. The molecule has 0 heterocycles. The van der Waals surface area contributed by atoms with Crippen LogP contribution in [0.1, 0.15) is 30.4 Å². The van der Waals surface area contributed by atoms with Crippen LogP contribution in [0.5, 0.6) is 5.75 Å². The number of rotatable bonds is 6. The van der Waals surface area contributed by atoms with Gasteiger partial charge in [-0.1, -0.05) is 36.4 Å². The van der Waals surface area contributed by atoms with Crippen LogP contribution >= 0.6 is 0 Å². The van der Waals surface area contributed by atoms with E-state index in [9.17, 15) is 0 Å². The Morgan fingerprint density at radius 3 is 2.65 bits per heavy atom. The molecule has 0 fully saturated rings. The molecule has 2 N–H and O–H groups in total. The number of benzene rings is 2. The van der Waals surface area contributed by atoms with Crippen LogP contribution in [-0.4, -0.2) is 13.2 Å². The van der Waals surface area contributed by atoms with Crippen molar-refractivity contribution < 1.29 is 4.74 Å². The minimum absolute atomic E-state index is 0.774. The maximum atomic E-state index is 5.99. The lowest BCUT2D eigenvalue weighted by atomic mass is 10.1.